The minimum Gasteiger partial charge on any atom is -0.497 e. The standard InChI is InChI=1S/C13H11N5O2S/c1-20-7-2-3-8-9(6-7)21-13(17-8)18-12(19)10-11(14)16-5-4-15-10/h2-6H,1H3,(H2,14,16)(H,17,18,19). The molecular weight excluding hydrogens is 290 g/mol. The number of nitrogens with zero attached hydrogens (tertiary/aromatic N) is 3. The zero-order chi connectivity index (χ0) is 14.8. The lowest BCUT2D eigenvalue weighted by atomic mass is 10.3. The highest BCUT2D eigenvalue weighted by molar-refractivity contribution is 7.22. The average Bonchev–Trinajstić information content (AvgIpc) is 2.88. The van der Waals surface area contributed by atoms with Crippen molar-refractivity contribution in [2.24, 2.45) is 0 Å². The lowest BCUT2D eigenvalue weighted by molar-refractivity contribution is 0.102. The molecule has 3 N–H and O–H groups in total. The van der Waals surface area contributed by atoms with Crippen LogP contribution in [0.1, 0.15) is 10.5 Å². The second-order valence-electron chi connectivity index (χ2n) is 4.10. The Labute approximate surface area is 123 Å². The van der Waals surface area contributed by atoms with E-state index < -0.39 is 5.91 Å². The molecule has 7 nitrogen and oxygen atoms in total. The van der Waals surface area contributed by atoms with E-state index in [2.05, 4.69) is 20.3 Å². The van der Waals surface area contributed by atoms with Crippen molar-refractivity contribution >= 4 is 38.4 Å². The number of hydrogen-bond donors (Lipinski definition) is 2. The van der Waals surface area contributed by atoms with Crippen molar-refractivity contribution in [1.82, 2.24) is 15.0 Å². The first kappa shape index (κ1) is 13.3. The number of aromatic nitrogens is 3. The molecule has 0 bridgehead atoms. The molecule has 0 aliphatic heterocycles. The minimum absolute atomic E-state index is 0.0781. The van der Waals surface area contributed by atoms with Gasteiger partial charge in [0.15, 0.2) is 16.6 Å². The maximum Gasteiger partial charge on any atom is 0.279 e. The van der Waals surface area contributed by atoms with Crippen LogP contribution >= 0.6 is 11.3 Å². The van der Waals surface area contributed by atoms with Crippen molar-refractivity contribution < 1.29 is 9.53 Å². The number of nitrogens with two attached hydrogens (primary N) is 1. The smallest absolute Gasteiger partial charge is 0.279 e. The molecule has 0 atom stereocenters. The molecule has 0 aliphatic rings. The molecule has 3 aromatic rings. The monoisotopic (exact) mass is 301 g/mol. The van der Waals surface area contributed by atoms with Gasteiger partial charge in [-0.1, -0.05) is 11.3 Å². The van der Waals surface area contributed by atoms with Crippen LogP contribution in [0.5, 0.6) is 5.75 Å². The quantitative estimate of drug-likeness (QED) is 0.766. The van der Waals surface area contributed by atoms with E-state index >= 15 is 0 Å². The van der Waals surface area contributed by atoms with E-state index in [9.17, 15) is 4.79 Å². The summed E-state index contributed by atoms with van der Waals surface area (Å²) in [5, 5.41) is 3.14. The Bertz CT molecular complexity index is 817. The molecule has 0 saturated heterocycles. The van der Waals surface area contributed by atoms with E-state index in [1.54, 1.807) is 7.11 Å². The van der Waals surface area contributed by atoms with E-state index in [0.29, 0.717) is 5.13 Å². The SMILES string of the molecule is COc1ccc2nc(NC(=O)c3nccnc3N)sc2c1. The van der Waals surface area contributed by atoms with Gasteiger partial charge in [0.25, 0.3) is 5.91 Å². The number of ether oxygens (including phenoxy) is 1. The summed E-state index contributed by atoms with van der Waals surface area (Å²) in [4.78, 5) is 24.1. The summed E-state index contributed by atoms with van der Waals surface area (Å²) in [6.07, 6.45) is 2.84. The van der Waals surface area contributed by atoms with Gasteiger partial charge in [-0.2, -0.15) is 0 Å². The highest BCUT2D eigenvalue weighted by Gasteiger charge is 2.14. The Kier molecular flexibility index (Phi) is 3.36. The van der Waals surface area contributed by atoms with Crippen LogP contribution in [0, 0.1) is 0 Å². The molecule has 2 heterocycles. The Balaban J connectivity index is 1.88. The van der Waals surface area contributed by atoms with Gasteiger partial charge in [-0.15, -0.1) is 0 Å². The largest absolute Gasteiger partial charge is 0.497 e. The number of anilines is 2. The van der Waals surface area contributed by atoms with Gasteiger partial charge in [-0.05, 0) is 18.2 Å². The third-order valence-corrected chi connectivity index (χ3v) is 3.69. The van der Waals surface area contributed by atoms with Crippen molar-refractivity contribution in [3.05, 3.63) is 36.3 Å². The molecule has 0 radical (unpaired) electrons. The summed E-state index contributed by atoms with van der Waals surface area (Å²) in [6, 6.07) is 5.50. The van der Waals surface area contributed by atoms with Gasteiger partial charge in [0, 0.05) is 12.4 Å². The third kappa shape index (κ3) is 2.61. The van der Waals surface area contributed by atoms with Crippen molar-refractivity contribution in [2.45, 2.75) is 0 Å². The maximum atomic E-state index is 12.1. The average molecular weight is 301 g/mol. The molecule has 8 heteroatoms. The molecule has 2 aromatic heterocycles. The fourth-order valence-corrected chi connectivity index (χ4v) is 2.65. The third-order valence-electron chi connectivity index (χ3n) is 2.76. The molecule has 1 amide bonds. The molecule has 0 fully saturated rings. The normalized spacial score (nSPS) is 10.5. The zero-order valence-electron chi connectivity index (χ0n) is 11.0. The first-order chi connectivity index (χ1) is 10.2. The summed E-state index contributed by atoms with van der Waals surface area (Å²) >= 11 is 1.34. The van der Waals surface area contributed by atoms with E-state index in [4.69, 9.17) is 10.5 Å². The van der Waals surface area contributed by atoms with Crippen LogP contribution in [0.4, 0.5) is 10.9 Å². The number of rotatable bonds is 3. The topological polar surface area (TPSA) is 103 Å². The van der Waals surface area contributed by atoms with Crippen LogP contribution in [-0.4, -0.2) is 28.0 Å². The number of hydrogen-bond acceptors (Lipinski definition) is 7. The number of nitrogens with one attached hydrogen (secondary N) is 1. The molecular formula is C13H11N5O2S. The summed E-state index contributed by atoms with van der Waals surface area (Å²) in [7, 11) is 1.60. The first-order valence-electron chi connectivity index (χ1n) is 6.00. The van der Waals surface area contributed by atoms with Gasteiger partial charge in [-0.3, -0.25) is 10.1 Å². The van der Waals surface area contributed by atoms with Crippen LogP contribution in [0.15, 0.2) is 30.6 Å². The van der Waals surface area contributed by atoms with Crippen LogP contribution in [0.3, 0.4) is 0 Å². The van der Waals surface area contributed by atoms with E-state index in [1.807, 2.05) is 18.2 Å². The van der Waals surface area contributed by atoms with Gasteiger partial charge >= 0.3 is 0 Å². The number of benzene rings is 1. The lowest BCUT2D eigenvalue weighted by Crippen LogP contribution is -2.16. The highest BCUT2D eigenvalue weighted by Crippen LogP contribution is 2.29. The predicted octanol–water partition coefficient (Wildman–Crippen LogP) is 1.93. The van der Waals surface area contributed by atoms with E-state index in [1.165, 1.54) is 23.7 Å². The molecule has 106 valence electrons. The van der Waals surface area contributed by atoms with Crippen LogP contribution in [0.2, 0.25) is 0 Å². The lowest BCUT2D eigenvalue weighted by Gasteiger charge is -2.02. The summed E-state index contributed by atoms with van der Waals surface area (Å²) < 4.78 is 6.07. The fourth-order valence-electron chi connectivity index (χ4n) is 1.77. The second kappa shape index (κ2) is 5.33. The molecule has 0 spiro atoms. The maximum absolute atomic E-state index is 12.1. The predicted molar refractivity (Wildman–Crippen MR) is 80.6 cm³/mol. The van der Waals surface area contributed by atoms with Crippen LogP contribution in [0.25, 0.3) is 10.2 Å². The molecule has 3 rings (SSSR count). The Morgan fingerprint density at radius 1 is 1.33 bits per heavy atom. The molecule has 0 unspecified atom stereocenters. The van der Waals surface area contributed by atoms with E-state index in [0.717, 1.165) is 16.0 Å². The molecule has 0 saturated carbocycles. The number of carbonyl (C=O) groups is 1. The van der Waals surface area contributed by atoms with Crippen molar-refractivity contribution in [3.63, 3.8) is 0 Å². The Morgan fingerprint density at radius 3 is 2.90 bits per heavy atom. The number of thiazole rings is 1. The van der Waals surface area contributed by atoms with Gasteiger partial charge < -0.3 is 10.5 Å². The summed E-state index contributed by atoms with van der Waals surface area (Å²) in [6.45, 7) is 0. The first-order valence-corrected chi connectivity index (χ1v) is 6.81. The molecule has 1 aromatic carbocycles. The van der Waals surface area contributed by atoms with E-state index in [-0.39, 0.29) is 11.5 Å². The van der Waals surface area contributed by atoms with Gasteiger partial charge in [0.1, 0.15) is 5.75 Å². The number of fused-ring (bicyclic) bond motifs is 1. The fraction of sp³-hybridized carbons (Fsp3) is 0.0769. The minimum atomic E-state index is -0.438. The van der Waals surface area contributed by atoms with Gasteiger partial charge in [-0.25, -0.2) is 15.0 Å². The number of amides is 1. The van der Waals surface area contributed by atoms with Crippen molar-refractivity contribution in [3.8, 4) is 5.75 Å². The Hall–Kier alpha value is -2.74. The van der Waals surface area contributed by atoms with Crippen LogP contribution in [-0.2, 0) is 0 Å². The van der Waals surface area contributed by atoms with Crippen molar-refractivity contribution in [1.29, 1.82) is 0 Å². The highest BCUT2D eigenvalue weighted by atomic mass is 32.1. The summed E-state index contributed by atoms with van der Waals surface area (Å²) in [5.74, 6) is 0.381. The number of carbonyl (C=O) groups excluding carboxylic acids is 1. The second-order valence-corrected chi connectivity index (χ2v) is 5.13. The van der Waals surface area contributed by atoms with Crippen LogP contribution < -0.4 is 15.8 Å². The zero-order valence-corrected chi connectivity index (χ0v) is 11.8. The van der Waals surface area contributed by atoms with Gasteiger partial charge in [0.2, 0.25) is 0 Å². The number of nitrogen functional groups attached to an aromatic ring is 1. The number of methoxy groups -OCH3 is 1. The van der Waals surface area contributed by atoms with Gasteiger partial charge in [0.05, 0.1) is 17.3 Å². The Morgan fingerprint density at radius 2 is 2.14 bits per heavy atom. The molecule has 0 aliphatic carbocycles. The molecule has 21 heavy (non-hydrogen) atoms. The van der Waals surface area contributed by atoms with Crippen molar-refractivity contribution in [2.75, 3.05) is 18.2 Å². The summed E-state index contributed by atoms with van der Waals surface area (Å²) in [5.41, 5.74) is 6.48.